The van der Waals surface area contributed by atoms with E-state index >= 15 is 0 Å². The van der Waals surface area contributed by atoms with Crippen LogP contribution in [0, 0.1) is 0 Å². The number of aromatic nitrogens is 2. The van der Waals surface area contributed by atoms with Crippen molar-refractivity contribution in [3.63, 3.8) is 0 Å². The Morgan fingerprint density at radius 2 is 2.12 bits per heavy atom. The van der Waals surface area contributed by atoms with Gasteiger partial charge in [-0.3, -0.25) is 4.90 Å². The normalized spacial score (nSPS) is 17.1. The van der Waals surface area contributed by atoms with Crippen LogP contribution in [0.25, 0.3) is 16.7 Å². The molecule has 6 heteroatoms. The molecule has 32 heavy (non-hydrogen) atoms. The van der Waals surface area contributed by atoms with Crippen molar-refractivity contribution in [1.82, 2.24) is 20.2 Å². The number of nitrogens with zero attached hydrogens (tertiary/aromatic N) is 3. The van der Waals surface area contributed by atoms with Crippen LogP contribution in [0.15, 0.2) is 65.6 Å². The molecule has 3 aromatic rings. The smallest absolute Gasteiger partial charge is 0.159 e. The summed E-state index contributed by atoms with van der Waals surface area (Å²) in [6, 6.07) is 10.4. The zero-order chi connectivity index (χ0) is 21.8. The second-order valence-corrected chi connectivity index (χ2v) is 9.09. The molecule has 1 N–H and O–H groups in total. The highest BCUT2D eigenvalue weighted by atomic mass is 32.1. The van der Waals surface area contributed by atoms with Gasteiger partial charge in [0.15, 0.2) is 5.82 Å². The Balaban J connectivity index is 1.44. The summed E-state index contributed by atoms with van der Waals surface area (Å²) in [6.45, 7) is 4.02. The molecular weight excluding hydrogens is 416 g/mol. The van der Waals surface area contributed by atoms with E-state index in [1.54, 1.807) is 18.4 Å². The maximum atomic E-state index is 5.47. The van der Waals surface area contributed by atoms with Gasteiger partial charge >= 0.3 is 0 Å². The van der Waals surface area contributed by atoms with E-state index in [2.05, 4.69) is 51.3 Å². The summed E-state index contributed by atoms with van der Waals surface area (Å²) in [5.74, 6) is 2.08. The zero-order valence-electron chi connectivity index (χ0n) is 18.3. The predicted molar refractivity (Wildman–Crippen MR) is 131 cm³/mol. The van der Waals surface area contributed by atoms with Crippen molar-refractivity contribution < 1.29 is 4.74 Å². The van der Waals surface area contributed by atoms with Crippen LogP contribution in [-0.4, -0.2) is 41.6 Å². The monoisotopic (exact) mass is 444 g/mol. The van der Waals surface area contributed by atoms with Crippen LogP contribution in [0.1, 0.15) is 35.8 Å². The third kappa shape index (κ3) is 4.61. The number of piperidine rings is 1. The molecule has 0 amide bonds. The predicted octanol–water partition coefficient (Wildman–Crippen LogP) is 5.09. The molecule has 2 aromatic heterocycles. The first-order valence-electron chi connectivity index (χ1n) is 11.2. The first-order chi connectivity index (χ1) is 15.8. The number of methoxy groups -OCH3 is 1. The molecule has 1 fully saturated rings. The number of rotatable bonds is 6. The van der Waals surface area contributed by atoms with E-state index < -0.39 is 0 Å². The molecule has 0 unspecified atom stereocenters. The van der Waals surface area contributed by atoms with Gasteiger partial charge in [0, 0.05) is 36.3 Å². The number of hydrogen-bond donors (Lipinski definition) is 1. The Morgan fingerprint density at radius 3 is 2.88 bits per heavy atom. The molecule has 0 bridgehead atoms. The zero-order valence-corrected chi connectivity index (χ0v) is 19.1. The first-order valence-corrected chi connectivity index (χ1v) is 12.1. The minimum absolute atomic E-state index is 0.419. The number of dihydropyridines is 1. The van der Waals surface area contributed by atoms with Gasteiger partial charge in [-0.15, -0.1) is 0 Å². The minimum atomic E-state index is 0.419. The van der Waals surface area contributed by atoms with Gasteiger partial charge in [0.05, 0.1) is 12.8 Å². The average Bonchev–Trinajstić information content (AvgIpc) is 3.38. The Labute approximate surface area is 193 Å². The molecule has 2 aliphatic rings. The summed E-state index contributed by atoms with van der Waals surface area (Å²) in [6.07, 6.45) is 10.4. The van der Waals surface area contributed by atoms with Gasteiger partial charge < -0.3 is 10.1 Å². The van der Waals surface area contributed by atoms with Crippen LogP contribution in [0.4, 0.5) is 0 Å². The lowest BCUT2D eigenvalue weighted by Crippen LogP contribution is -2.32. The second-order valence-electron chi connectivity index (χ2n) is 8.31. The molecule has 4 heterocycles. The summed E-state index contributed by atoms with van der Waals surface area (Å²) in [5.41, 5.74) is 5.88. The van der Waals surface area contributed by atoms with Crippen molar-refractivity contribution in [2.45, 2.75) is 25.3 Å². The number of benzene rings is 1. The van der Waals surface area contributed by atoms with E-state index in [0.717, 1.165) is 73.0 Å². The van der Waals surface area contributed by atoms with Crippen molar-refractivity contribution in [3.8, 4) is 16.9 Å². The average molecular weight is 445 g/mol. The highest BCUT2D eigenvalue weighted by molar-refractivity contribution is 7.07. The molecular formula is C26H28N4OS. The molecule has 0 saturated carbocycles. The first kappa shape index (κ1) is 20.9. The largest absolute Gasteiger partial charge is 0.497 e. The van der Waals surface area contributed by atoms with E-state index in [-0.39, 0.29) is 0 Å². The Bertz CT molecular complexity index is 1110. The van der Waals surface area contributed by atoms with E-state index in [0.29, 0.717) is 5.92 Å². The number of likely N-dealkylation sites (tertiary alicyclic amines) is 1. The van der Waals surface area contributed by atoms with Gasteiger partial charge in [-0.25, -0.2) is 9.97 Å². The summed E-state index contributed by atoms with van der Waals surface area (Å²) < 4.78 is 5.47. The lowest BCUT2D eigenvalue weighted by atomic mass is 9.88. The summed E-state index contributed by atoms with van der Waals surface area (Å²) >= 11 is 1.77. The number of nitrogens with one attached hydrogen (secondary N) is 1. The summed E-state index contributed by atoms with van der Waals surface area (Å²) in [7, 11) is 1.71. The van der Waals surface area contributed by atoms with E-state index in [4.69, 9.17) is 14.7 Å². The molecule has 164 valence electrons. The lowest BCUT2D eigenvalue weighted by Gasteiger charge is -2.32. The van der Waals surface area contributed by atoms with Crippen molar-refractivity contribution >= 4 is 16.9 Å². The van der Waals surface area contributed by atoms with Crippen molar-refractivity contribution in [3.05, 3.63) is 82.7 Å². The fourth-order valence-corrected chi connectivity index (χ4v) is 5.14. The molecule has 0 aliphatic carbocycles. The quantitative estimate of drug-likeness (QED) is 0.574. The van der Waals surface area contributed by atoms with Crippen LogP contribution >= 0.6 is 11.3 Å². The number of hydrogen-bond acceptors (Lipinski definition) is 6. The SMILES string of the molecule is COc1cccc(-c2cnc(C3=CCNC=C3)nc2C2CCN(Cc3ccsc3)CC2)c1. The Hall–Kier alpha value is -2.96. The van der Waals surface area contributed by atoms with Crippen LogP contribution in [0.5, 0.6) is 5.75 Å². The van der Waals surface area contributed by atoms with E-state index in [1.807, 2.05) is 24.5 Å². The Kier molecular flexibility index (Phi) is 6.32. The van der Waals surface area contributed by atoms with Gasteiger partial charge in [0.25, 0.3) is 0 Å². The molecule has 2 aliphatic heterocycles. The van der Waals surface area contributed by atoms with Crippen LogP contribution in [-0.2, 0) is 6.54 Å². The summed E-state index contributed by atoms with van der Waals surface area (Å²) in [5, 5.41) is 7.62. The standard InChI is InChI=1S/C26H28N4OS/c1-31-23-4-2-3-22(15-23)24-16-28-26(21-5-10-27-11-6-21)29-25(24)20-7-12-30(13-8-20)17-19-9-14-32-18-19/h2-6,9-10,14-16,18,20,27H,7-8,11-13,17H2,1H3. The molecule has 0 radical (unpaired) electrons. The van der Waals surface area contributed by atoms with Crippen molar-refractivity contribution in [2.24, 2.45) is 0 Å². The maximum absolute atomic E-state index is 5.47. The fraction of sp³-hybridized carbons (Fsp3) is 0.308. The van der Waals surface area contributed by atoms with Gasteiger partial charge in [-0.05, 0) is 78.3 Å². The highest BCUT2D eigenvalue weighted by Crippen LogP contribution is 2.36. The van der Waals surface area contributed by atoms with Gasteiger partial charge in [0.1, 0.15) is 5.75 Å². The molecule has 1 aromatic carbocycles. The van der Waals surface area contributed by atoms with Crippen LogP contribution in [0.2, 0.25) is 0 Å². The number of allylic oxidation sites excluding steroid dienone is 2. The van der Waals surface area contributed by atoms with Gasteiger partial charge in [0.2, 0.25) is 0 Å². The number of ether oxygens (including phenoxy) is 1. The highest BCUT2D eigenvalue weighted by Gasteiger charge is 2.25. The molecule has 1 saturated heterocycles. The van der Waals surface area contributed by atoms with Crippen molar-refractivity contribution in [2.75, 3.05) is 26.7 Å². The van der Waals surface area contributed by atoms with Gasteiger partial charge in [-0.1, -0.05) is 18.2 Å². The van der Waals surface area contributed by atoms with E-state index in [9.17, 15) is 0 Å². The molecule has 5 nitrogen and oxygen atoms in total. The molecule has 0 spiro atoms. The minimum Gasteiger partial charge on any atom is -0.497 e. The van der Waals surface area contributed by atoms with E-state index in [1.165, 1.54) is 5.56 Å². The third-order valence-electron chi connectivity index (χ3n) is 6.24. The second kappa shape index (κ2) is 9.67. The molecule has 0 atom stereocenters. The Morgan fingerprint density at radius 1 is 1.22 bits per heavy atom. The molecule has 5 rings (SSSR count). The topological polar surface area (TPSA) is 50.3 Å². The fourth-order valence-electron chi connectivity index (χ4n) is 4.48. The van der Waals surface area contributed by atoms with Crippen molar-refractivity contribution in [1.29, 1.82) is 0 Å². The lowest BCUT2D eigenvalue weighted by molar-refractivity contribution is 0.203. The van der Waals surface area contributed by atoms with Crippen LogP contribution in [0.3, 0.4) is 0 Å². The third-order valence-corrected chi connectivity index (χ3v) is 6.97. The maximum Gasteiger partial charge on any atom is 0.159 e. The van der Waals surface area contributed by atoms with Gasteiger partial charge in [-0.2, -0.15) is 11.3 Å². The number of thiophene rings is 1. The summed E-state index contributed by atoms with van der Waals surface area (Å²) in [4.78, 5) is 12.4. The van der Waals surface area contributed by atoms with Crippen LogP contribution < -0.4 is 10.1 Å².